The largest absolute Gasteiger partial charge is 0.469 e. The molecule has 0 radical (unpaired) electrons. The highest BCUT2D eigenvalue weighted by molar-refractivity contribution is 5.72. The summed E-state index contributed by atoms with van der Waals surface area (Å²) in [5, 5.41) is 0. The van der Waals surface area contributed by atoms with Crippen LogP contribution in [0.1, 0.15) is 32.6 Å². The second-order valence-electron chi connectivity index (χ2n) is 4.33. The van der Waals surface area contributed by atoms with Crippen molar-refractivity contribution in [2.24, 2.45) is 23.5 Å². The number of carbonyl (C=O) groups excluding carboxylic acids is 1. The monoisotopic (exact) mass is 199 g/mol. The van der Waals surface area contributed by atoms with Crippen molar-refractivity contribution in [3.63, 3.8) is 0 Å². The van der Waals surface area contributed by atoms with Gasteiger partial charge in [0.05, 0.1) is 13.0 Å². The zero-order valence-corrected chi connectivity index (χ0v) is 9.16. The molecule has 0 heterocycles. The molecule has 0 aromatic rings. The Morgan fingerprint density at radius 2 is 2.00 bits per heavy atom. The summed E-state index contributed by atoms with van der Waals surface area (Å²) in [6.07, 6.45) is 4.58. The number of rotatable bonds is 3. The maximum atomic E-state index is 11.3. The van der Waals surface area contributed by atoms with Gasteiger partial charge in [0.15, 0.2) is 0 Å². The molecule has 0 spiro atoms. The fourth-order valence-corrected chi connectivity index (χ4v) is 2.30. The lowest BCUT2D eigenvalue weighted by molar-refractivity contribution is -0.147. The minimum Gasteiger partial charge on any atom is -0.469 e. The molecule has 1 atom stereocenters. The summed E-state index contributed by atoms with van der Waals surface area (Å²) >= 11 is 0. The molecule has 3 nitrogen and oxygen atoms in total. The van der Waals surface area contributed by atoms with Gasteiger partial charge in [-0.2, -0.15) is 0 Å². The average Bonchev–Trinajstić information content (AvgIpc) is 2.27. The van der Waals surface area contributed by atoms with Crippen LogP contribution in [0.15, 0.2) is 0 Å². The molecule has 1 fully saturated rings. The normalized spacial score (nSPS) is 29.6. The minimum absolute atomic E-state index is 0.0544. The van der Waals surface area contributed by atoms with Gasteiger partial charge in [-0.05, 0) is 44.1 Å². The lowest BCUT2D eigenvalue weighted by Crippen LogP contribution is -2.28. The summed E-state index contributed by atoms with van der Waals surface area (Å²) in [5.41, 5.74) is 5.62. The molecule has 1 unspecified atom stereocenters. The molecule has 0 aliphatic heterocycles. The van der Waals surface area contributed by atoms with Gasteiger partial charge in [0.2, 0.25) is 0 Å². The van der Waals surface area contributed by atoms with Crippen molar-refractivity contribution >= 4 is 5.97 Å². The lowest BCUT2D eigenvalue weighted by Gasteiger charge is -2.30. The Morgan fingerprint density at radius 1 is 1.43 bits per heavy atom. The predicted octanol–water partition coefficient (Wildman–Crippen LogP) is 1.56. The van der Waals surface area contributed by atoms with Crippen molar-refractivity contribution in [3.05, 3.63) is 0 Å². The van der Waals surface area contributed by atoms with Crippen LogP contribution >= 0.6 is 0 Å². The molecule has 1 saturated carbocycles. The van der Waals surface area contributed by atoms with Gasteiger partial charge < -0.3 is 10.5 Å². The van der Waals surface area contributed by atoms with Crippen LogP contribution in [-0.2, 0) is 9.53 Å². The van der Waals surface area contributed by atoms with E-state index < -0.39 is 0 Å². The van der Waals surface area contributed by atoms with Gasteiger partial charge >= 0.3 is 5.97 Å². The first-order valence-corrected chi connectivity index (χ1v) is 5.47. The Labute approximate surface area is 86.0 Å². The number of carbonyl (C=O) groups is 1. The van der Waals surface area contributed by atoms with Crippen molar-refractivity contribution in [3.8, 4) is 0 Å². The van der Waals surface area contributed by atoms with E-state index >= 15 is 0 Å². The second kappa shape index (κ2) is 5.35. The van der Waals surface area contributed by atoms with Gasteiger partial charge in [-0.25, -0.2) is 0 Å². The average molecular weight is 199 g/mol. The van der Waals surface area contributed by atoms with Crippen LogP contribution in [0.25, 0.3) is 0 Å². The van der Waals surface area contributed by atoms with E-state index in [9.17, 15) is 4.79 Å². The van der Waals surface area contributed by atoms with Gasteiger partial charge in [0, 0.05) is 0 Å². The van der Waals surface area contributed by atoms with E-state index in [1.54, 1.807) is 0 Å². The third-order valence-corrected chi connectivity index (χ3v) is 3.50. The molecule has 0 saturated heterocycles. The van der Waals surface area contributed by atoms with E-state index in [2.05, 4.69) is 0 Å². The molecule has 0 aromatic carbocycles. The Hall–Kier alpha value is -0.570. The van der Waals surface area contributed by atoms with Gasteiger partial charge in [0.25, 0.3) is 0 Å². The zero-order valence-electron chi connectivity index (χ0n) is 9.16. The molecule has 3 heteroatoms. The smallest absolute Gasteiger partial charge is 0.308 e. The molecule has 0 amide bonds. The van der Waals surface area contributed by atoms with E-state index in [1.165, 1.54) is 20.0 Å². The third-order valence-electron chi connectivity index (χ3n) is 3.50. The van der Waals surface area contributed by atoms with E-state index in [1.807, 2.05) is 6.92 Å². The number of methoxy groups -OCH3 is 1. The Morgan fingerprint density at radius 3 is 2.43 bits per heavy atom. The van der Waals surface area contributed by atoms with E-state index in [0.717, 1.165) is 19.4 Å². The van der Waals surface area contributed by atoms with Crippen LogP contribution < -0.4 is 5.73 Å². The minimum atomic E-state index is -0.0683. The molecular formula is C11H21NO2. The molecule has 14 heavy (non-hydrogen) atoms. The predicted molar refractivity (Wildman–Crippen MR) is 55.7 cm³/mol. The standard InChI is InChI=1S/C11H21NO2/c1-8(11(13)14-2)10-5-3-9(7-12)4-6-10/h8-10H,3-7,12H2,1-2H3. The van der Waals surface area contributed by atoms with Crippen molar-refractivity contribution in [1.82, 2.24) is 0 Å². The first-order valence-electron chi connectivity index (χ1n) is 5.47. The fourth-order valence-electron chi connectivity index (χ4n) is 2.30. The summed E-state index contributed by atoms with van der Waals surface area (Å²) < 4.78 is 4.75. The van der Waals surface area contributed by atoms with Gasteiger partial charge in [0.1, 0.15) is 0 Å². The Kier molecular flexibility index (Phi) is 4.39. The zero-order chi connectivity index (χ0) is 10.6. The first-order chi connectivity index (χ1) is 6.69. The molecule has 2 N–H and O–H groups in total. The van der Waals surface area contributed by atoms with E-state index in [-0.39, 0.29) is 11.9 Å². The van der Waals surface area contributed by atoms with Gasteiger partial charge in [-0.15, -0.1) is 0 Å². The number of hydrogen-bond donors (Lipinski definition) is 1. The Bertz CT molecular complexity index is 186. The van der Waals surface area contributed by atoms with Crippen molar-refractivity contribution in [2.45, 2.75) is 32.6 Å². The molecule has 0 bridgehead atoms. The summed E-state index contributed by atoms with van der Waals surface area (Å²) in [5.74, 6) is 1.17. The van der Waals surface area contributed by atoms with Crippen molar-refractivity contribution in [2.75, 3.05) is 13.7 Å². The highest BCUT2D eigenvalue weighted by Crippen LogP contribution is 2.33. The molecule has 1 rings (SSSR count). The lowest BCUT2D eigenvalue weighted by atomic mass is 9.76. The quantitative estimate of drug-likeness (QED) is 0.702. The number of hydrogen-bond acceptors (Lipinski definition) is 3. The highest BCUT2D eigenvalue weighted by Gasteiger charge is 2.28. The number of esters is 1. The van der Waals surface area contributed by atoms with Gasteiger partial charge in [-0.3, -0.25) is 4.79 Å². The van der Waals surface area contributed by atoms with Crippen LogP contribution in [0.2, 0.25) is 0 Å². The molecule has 82 valence electrons. The first kappa shape index (κ1) is 11.5. The van der Waals surface area contributed by atoms with Crippen LogP contribution in [0.4, 0.5) is 0 Å². The Balaban J connectivity index is 2.37. The van der Waals surface area contributed by atoms with E-state index in [4.69, 9.17) is 10.5 Å². The van der Waals surface area contributed by atoms with Crippen LogP contribution in [0.3, 0.4) is 0 Å². The van der Waals surface area contributed by atoms with Crippen molar-refractivity contribution < 1.29 is 9.53 Å². The number of ether oxygens (including phenoxy) is 1. The summed E-state index contributed by atoms with van der Waals surface area (Å²) in [4.78, 5) is 11.3. The second-order valence-corrected chi connectivity index (χ2v) is 4.33. The van der Waals surface area contributed by atoms with Crippen LogP contribution in [0.5, 0.6) is 0 Å². The number of nitrogens with two attached hydrogens (primary N) is 1. The molecule has 1 aliphatic carbocycles. The maximum absolute atomic E-state index is 11.3. The van der Waals surface area contributed by atoms with Gasteiger partial charge in [-0.1, -0.05) is 6.92 Å². The summed E-state index contributed by atoms with van der Waals surface area (Å²) in [6.45, 7) is 2.76. The highest BCUT2D eigenvalue weighted by atomic mass is 16.5. The molecule has 0 aromatic heterocycles. The van der Waals surface area contributed by atoms with Crippen molar-refractivity contribution in [1.29, 1.82) is 0 Å². The summed E-state index contributed by atoms with van der Waals surface area (Å²) in [6, 6.07) is 0. The molecule has 1 aliphatic rings. The third kappa shape index (κ3) is 2.71. The van der Waals surface area contributed by atoms with Crippen LogP contribution in [-0.4, -0.2) is 19.6 Å². The topological polar surface area (TPSA) is 52.3 Å². The SMILES string of the molecule is COC(=O)C(C)C1CCC(CN)CC1. The summed E-state index contributed by atoms with van der Waals surface area (Å²) in [7, 11) is 1.46. The van der Waals surface area contributed by atoms with Crippen LogP contribution in [0, 0.1) is 17.8 Å². The maximum Gasteiger partial charge on any atom is 0.308 e. The fraction of sp³-hybridized carbons (Fsp3) is 0.909. The van der Waals surface area contributed by atoms with E-state index in [0.29, 0.717) is 11.8 Å². The molecular weight excluding hydrogens is 178 g/mol.